The average molecular weight is 260 g/mol. The molecule has 0 fully saturated rings. The van der Waals surface area contributed by atoms with E-state index < -0.39 is 0 Å². The van der Waals surface area contributed by atoms with Crippen molar-refractivity contribution in [2.24, 2.45) is 0 Å². The molecule has 0 atom stereocenters. The van der Waals surface area contributed by atoms with Gasteiger partial charge in [-0.1, -0.05) is 12.1 Å². The molecule has 0 unspecified atom stereocenters. The quantitative estimate of drug-likeness (QED) is 0.839. The van der Waals surface area contributed by atoms with Gasteiger partial charge in [0.15, 0.2) is 0 Å². The molecule has 19 heavy (non-hydrogen) atoms. The Balaban J connectivity index is 2.29. The summed E-state index contributed by atoms with van der Waals surface area (Å²) in [6, 6.07) is 6.04. The van der Waals surface area contributed by atoms with Crippen LogP contribution < -0.4 is 0 Å². The number of hydrogen-bond donors (Lipinski definition) is 1. The fourth-order valence-electron chi connectivity index (χ4n) is 2.18. The maximum absolute atomic E-state index is 11.0. The number of likely N-dealkylation sites (N-methyl/N-ethyl adjacent to an activating group) is 1. The first kappa shape index (κ1) is 13.6. The minimum Gasteiger partial charge on any atom is -0.461 e. The lowest BCUT2D eigenvalue weighted by Crippen LogP contribution is -2.15. The molecule has 2 aromatic rings. The third-order valence-corrected chi connectivity index (χ3v) is 3.13. The van der Waals surface area contributed by atoms with Crippen molar-refractivity contribution in [2.75, 3.05) is 20.6 Å². The Morgan fingerprint density at radius 3 is 2.79 bits per heavy atom. The van der Waals surface area contributed by atoms with Crippen LogP contribution >= 0.6 is 0 Å². The van der Waals surface area contributed by atoms with Gasteiger partial charge in [-0.05, 0) is 37.7 Å². The monoisotopic (exact) mass is 260 g/mol. The van der Waals surface area contributed by atoms with Crippen LogP contribution in [0.15, 0.2) is 24.4 Å². The third-order valence-electron chi connectivity index (χ3n) is 3.13. The molecule has 0 aliphatic heterocycles. The summed E-state index contributed by atoms with van der Waals surface area (Å²) >= 11 is 0. The highest BCUT2D eigenvalue weighted by Crippen LogP contribution is 2.24. The van der Waals surface area contributed by atoms with Gasteiger partial charge in [0.25, 0.3) is 0 Å². The molecule has 4 nitrogen and oxygen atoms in total. The van der Waals surface area contributed by atoms with Crippen LogP contribution in [0.25, 0.3) is 10.9 Å². The maximum Gasteiger partial charge on any atom is 0.302 e. The summed E-state index contributed by atoms with van der Waals surface area (Å²) in [6.45, 7) is 2.76. The van der Waals surface area contributed by atoms with E-state index in [9.17, 15) is 4.79 Å². The van der Waals surface area contributed by atoms with Gasteiger partial charge in [0.2, 0.25) is 0 Å². The first-order valence-electron chi connectivity index (χ1n) is 6.44. The number of aromatic amines is 1. The summed E-state index contributed by atoms with van der Waals surface area (Å²) in [5.41, 5.74) is 3.42. The van der Waals surface area contributed by atoms with E-state index in [1.165, 1.54) is 17.9 Å². The molecule has 0 saturated heterocycles. The van der Waals surface area contributed by atoms with Crippen molar-refractivity contribution in [1.82, 2.24) is 9.88 Å². The van der Waals surface area contributed by atoms with E-state index in [0.29, 0.717) is 6.61 Å². The molecular weight excluding hydrogens is 240 g/mol. The van der Waals surface area contributed by atoms with Crippen molar-refractivity contribution in [3.63, 3.8) is 0 Å². The lowest BCUT2D eigenvalue weighted by Gasteiger charge is -2.10. The molecule has 0 bridgehead atoms. The van der Waals surface area contributed by atoms with Crippen molar-refractivity contribution in [1.29, 1.82) is 0 Å². The summed E-state index contributed by atoms with van der Waals surface area (Å²) in [5.74, 6) is -0.248. The Morgan fingerprint density at radius 2 is 2.11 bits per heavy atom. The van der Waals surface area contributed by atoms with Gasteiger partial charge in [0.05, 0.1) is 0 Å². The molecule has 1 heterocycles. The number of hydrogen-bond acceptors (Lipinski definition) is 3. The normalized spacial score (nSPS) is 11.2. The number of rotatable bonds is 5. The van der Waals surface area contributed by atoms with Gasteiger partial charge in [0, 0.05) is 30.6 Å². The van der Waals surface area contributed by atoms with Gasteiger partial charge in [0.1, 0.15) is 6.61 Å². The molecule has 1 aromatic heterocycles. The predicted molar refractivity (Wildman–Crippen MR) is 76.0 cm³/mol. The van der Waals surface area contributed by atoms with E-state index >= 15 is 0 Å². The molecule has 4 heteroatoms. The number of fused-ring (bicyclic) bond motifs is 1. The van der Waals surface area contributed by atoms with Gasteiger partial charge in [-0.15, -0.1) is 0 Å². The van der Waals surface area contributed by atoms with Gasteiger partial charge < -0.3 is 14.6 Å². The molecule has 0 radical (unpaired) electrons. The number of nitrogens with zero attached hydrogens (tertiary/aromatic N) is 1. The van der Waals surface area contributed by atoms with E-state index in [0.717, 1.165) is 24.0 Å². The van der Waals surface area contributed by atoms with Crippen molar-refractivity contribution in [3.05, 3.63) is 35.5 Å². The molecule has 0 amide bonds. The van der Waals surface area contributed by atoms with Crippen LogP contribution in [0, 0.1) is 0 Å². The molecule has 102 valence electrons. The van der Waals surface area contributed by atoms with E-state index in [1.807, 2.05) is 24.4 Å². The minimum atomic E-state index is -0.248. The summed E-state index contributed by atoms with van der Waals surface area (Å²) in [6.07, 6.45) is 3.02. The zero-order chi connectivity index (χ0) is 13.8. The van der Waals surface area contributed by atoms with Crippen LogP contribution in [0.5, 0.6) is 0 Å². The number of aromatic nitrogens is 1. The Bertz CT molecular complexity index is 573. The summed E-state index contributed by atoms with van der Waals surface area (Å²) in [4.78, 5) is 16.4. The van der Waals surface area contributed by atoms with Crippen LogP contribution in [0.4, 0.5) is 0 Å². The van der Waals surface area contributed by atoms with E-state index in [-0.39, 0.29) is 5.97 Å². The van der Waals surface area contributed by atoms with Crippen LogP contribution in [0.1, 0.15) is 18.1 Å². The van der Waals surface area contributed by atoms with Crippen LogP contribution in [0.2, 0.25) is 0 Å². The van der Waals surface area contributed by atoms with E-state index in [2.05, 4.69) is 24.0 Å². The zero-order valence-corrected chi connectivity index (χ0v) is 11.7. The molecular formula is C15H20N2O2. The number of esters is 1. The van der Waals surface area contributed by atoms with E-state index in [1.54, 1.807) is 0 Å². The largest absolute Gasteiger partial charge is 0.461 e. The molecule has 0 aliphatic carbocycles. The number of ether oxygens (including phenoxy) is 1. The number of nitrogens with one attached hydrogen (secondary N) is 1. The number of carbonyl (C=O) groups excluding carboxylic acids is 1. The van der Waals surface area contributed by atoms with Gasteiger partial charge in [-0.25, -0.2) is 0 Å². The Hall–Kier alpha value is -1.81. The fourth-order valence-corrected chi connectivity index (χ4v) is 2.18. The van der Waals surface area contributed by atoms with Crippen LogP contribution in [-0.2, 0) is 22.6 Å². The highest BCUT2D eigenvalue weighted by Gasteiger charge is 2.09. The molecule has 1 aromatic carbocycles. The third kappa shape index (κ3) is 3.35. The van der Waals surface area contributed by atoms with Gasteiger partial charge in [-0.2, -0.15) is 0 Å². The summed E-state index contributed by atoms with van der Waals surface area (Å²) in [5, 5.41) is 1.19. The first-order chi connectivity index (χ1) is 9.08. The average Bonchev–Trinajstić information content (AvgIpc) is 2.77. The standard InChI is InChI=1S/C15H20N2O2/c1-11(18)19-10-13-5-4-6-14-15(13)12(9-16-14)7-8-17(2)3/h4-6,9,16H,7-8,10H2,1-3H3. The fraction of sp³-hybridized carbons (Fsp3) is 0.400. The van der Waals surface area contributed by atoms with Crippen LogP contribution in [-0.4, -0.2) is 36.5 Å². The Morgan fingerprint density at radius 1 is 1.32 bits per heavy atom. The highest BCUT2D eigenvalue weighted by molar-refractivity contribution is 5.86. The number of benzene rings is 1. The minimum absolute atomic E-state index is 0.248. The van der Waals surface area contributed by atoms with E-state index in [4.69, 9.17) is 4.74 Å². The Labute approximate surface area is 113 Å². The zero-order valence-electron chi connectivity index (χ0n) is 11.7. The molecule has 0 spiro atoms. The summed E-state index contributed by atoms with van der Waals surface area (Å²) < 4.78 is 5.12. The van der Waals surface area contributed by atoms with Crippen molar-refractivity contribution < 1.29 is 9.53 Å². The van der Waals surface area contributed by atoms with Crippen LogP contribution in [0.3, 0.4) is 0 Å². The lowest BCUT2D eigenvalue weighted by atomic mass is 10.0. The molecule has 1 N–H and O–H groups in total. The predicted octanol–water partition coefficient (Wildman–Crippen LogP) is 2.34. The number of carbonyl (C=O) groups is 1. The summed E-state index contributed by atoms with van der Waals surface area (Å²) in [7, 11) is 4.13. The van der Waals surface area contributed by atoms with Gasteiger partial charge >= 0.3 is 5.97 Å². The molecule has 2 rings (SSSR count). The highest BCUT2D eigenvalue weighted by atomic mass is 16.5. The Kier molecular flexibility index (Phi) is 4.22. The number of H-pyrrole nitrogens is 1. The SMILES string of the molecule is CC(=O)OCc1cccc2[nH]cc(CCN(C)C)c12. The van der Waals surface area contributed by atoms with Gasteiger partial charge in [-0.3, -0.25) is 4.79 Å². The topological polar surface area (TPSA) is 45.3 Å². The second-order valence-electron chi connectivity index (χ2n) is 4.99. The lowest BCUT2D eigenvalue weighted by molar-refractivity contribution is -0.142. The maximum atomic E-state index is 11.0. The molecule has 0 saturated carbocycles. The smallest absolute Gasteiger partial charge is 0.302 e. The van der Waals surface area contributed by atoms with Crippen molar-refractivity contribution in [2.45, 2.75) is 20.0 Å². The second-order valence-corrected chi connectivity index (χ2v) is 4.99. The molecule has 0 aliphatic rings. The van der Waals surface area contributed by atoms with Crippen molar-refractivity contribution >= 4 is 16.9 Å². The van der Waals surface area contributed by atoms with Crippen molar-refractivity contribution in [3.8, 4) is 0 Å². The second kappa shape index (κ2) is 5.89. The first-order valence-corrected chi connectivity index (χ1v) is 6.44.